The molecule has 150 valence electrons. The first-order chi connectivity index (χ1) is 13.4. The van der Waals surface area contributed by atoms with Crippen molar-refractivity contribution >= 4 is 7.52 Å². The Morgan fingerprint density at radius 1 is 1.00 bits per heavy atom. The quantitative estimate of drug-likeness (QED) is 0.552. The van der Waals surface area contributed by atoms with Gasteiger partial charge in [0.25, 0.3) is 7.52 Å². The summed E-state index contributed by atoms with van der Waals surface area (Å²) in [6.45, 7) is 7.52. The fourth-order valence-electron chi connectivity index (χ4n) is 5.11. The SMILES string of the molecule is C[C@@H]1CC[C@@H]2[C@@H](C1)OP(=O)(Cc1ccccc1)N(Cc1ccccc1)C2(C)C. The summed E-state index contributed by atoms with van der Waals surface area (Å²) in [6, 6.07) is 20.6. The Kier molecular flexibility index (Phi) is 5.53. The monoisotopic (exact) mass is 397 g/mol. The first-order valence-corrected chi connectivity index (χ1v) is 12.3. The molecule has 4 heteroatoms. The lowest BCUT2D eigenvalue weighted by Gasteiger charge is -2.56. The van der Waals surface area contributed by atoms with Gasteiger partial charge in [0.05, 0.1) is 12.3 Å². The molecule has 1 aliphatic carbocycles. The number of nitrogens with zero attached hydrogens (tertiary/aromatic N) is 1. The summed E-state index contributed by atoms with van der Waals surface area (Å²) in [5.41, 5.74) is 2.11. The van der Waals surface area contributed by atoms with E-state index in [-0.39, 0.29) is 11.6 Å². The summed E-state index contributed by atoms with van der Waals surface area (Å²) in [7, 11) is -3.01. The summed E-state index contributed by atoms with van der Waals surface area (Å²) in [5.74, 6) is 1.06. The van der Waals surface area contributed by atoms with Gasteiger partial charge in [0.2, 0.25) is 0 Å². The normalized spacial score (nSPS) is 32.6. The van der Waals surface area contributed by atoms with Crippen LogP contribution in [0.25, 0.3) is 0 Å². The standard InChI is InChI=1S/C24H32NO2P/c1-19-14-15-22-23(16-19)27-28(26,18-21-12-8-5-9-13-21)25(24(22,2)3)17-20-10-6-4-7-11-20/h4-13,19,22-23H,14-18H2,1-3H3/t19-,22-,23-,28?/m1/s1. The van der Waals surface area contributed by atoms with Crippen LogP contribution in [-0.4, -0.2) is 16.3 Å². The zero-order valence-electron chi connectivity index (χ0n) is 17.3. The van der Waals surface area contributed by atoms with Crippen LogP contribution in [0.2, 0.25) is 0 Å². The van der Waals surface area contributed by atoms with Crippen molar-refractivity contribution < 1.29 is 9.09 Å². The molecule has 4 atom stereocenters. The van der Waals surface area contributed by atoms with Crippen LogP contribution < -0.4 is 0 Å². The average Bonchev–Trinajstić information content (AvgIpc) is 2.66. The van der Waals surface area contributed by atoms with E-state index in [1.165, 1.54) is 12.0 Å². The van der Waals surface area contributed by atoms with Crippen LogP contribution in [-0.2, 0) is 21.8 Å². The Hall–Kier alpha value is -1.41. The Bertz CT molecular complexity index is 836. The number of hydrogen-bond acceptors (Lipinski definition) is 2. The Morgan fingerprint density at radius 3 is 2.25 bits per heavy atom. The second kappa shape index (κ2) is 7.78. The van der Waals surface area contributed by atoms with E-state index in [2.05, 4.69) is 61.8 Å². The minimum Gasteiger partial charge on any atom is -0.313 e. The summed E-state index contributed by atoms with van der Waals surface area (Å²) < 4.78 is 23.2. The van der Waals surface area contributed by atoms with Crippen LogP contribution in [0.3, 0.4) is 0 Å². The van der Waals surface area contributed by atoms with Crippen molar-refractivity contribution in [3.8, 4) is 0 Å². The number of fused-ring (bicyclic) bond motifs is 1. The van der Waals surface area contributed by atoms with Gasteiger partial charge in [0, 0.05) is 18.0 Å². The van der Waals surface area contributed by atoms with Gasteiger partial charge in [-0.2, -0.15) is 0 Å². The molecule has 2 fully saturated rings. The van der Waals surface area contributed by atoms with Gasteiger partial charge in [0.1, 0.15) is 0 Å². The zero-order valence-corrected chi connectivity index (χ0v) is 18.1. The van der Waals surface area contributed by atoms with Gasteiger partial charge in [-0.1, -0.05) is 74.0 Å². The van der Waals surface area contributed by atoms with Crippen molar-refractivity contribution in [3.05, 3.63) is 71.8 Å². The molecule has 1 saturated heterocycles. The molecule has 2 aromatic carbocycles. The fraction of sp³-hybridized carbons (Fsp3) is 0.500. The molecule has 0 spiro atoms. The highest BCUT2D eigenvalue weighted by Crippen LogP contribution is 2.65. The van der Waals surface area contributed by atoms with E-state index in [9.17, 15) is 4.57 Å². The second-order valence-corrected chi connectivity index (χ2v) is 11.4. The first-order valence-electron chi connectivity index (χ1n) is 10.5. The van der Waals surface area contributed by atoms with E-state index in [1.807, 2.05) is 24.3 Å². The van der Waals surface area contributed by atoms with Crippen LogP contribution in [0.1, 0.15) is 51.2 Å². The Morgan fingerprint density at radius 2 is 1.61 bits per heavy atom. The predicted octanol–water partition coefficient (Wildman–Crippen LogP) is 6.50. The highest BCUT2D eigenvalue weighted by molar-refractivity contribution is 7.55. The summed E-state index contributed by atoms with van der Waals surface area (Å²) in [4.78, 5) is 0. The molecule has 0 amide bonds. The molecule has 3 nitrogen and oxygen atoms in total. The van der Waals surface area contributed by atoms with E-state index < -0.39 is 7.52 Å². The lowest BCUT2D eigenvalue weighted by molar-refractivity contribution is -0.0509. The van der Waals surface area contributed by atoms with Gasteiger partial charge < -0.3 is 4.52 Å². The molecule has 28 heavy (non-hydrogen) atoms. The van der Waals surface area contributed by atoms with Gasteiger partial charge in [0.15, 0.2) is 0 Å². The number of benzene rings is 2. The molecule has 4 rings (SSSR count). The molecule has 1 heterocycles. The van der Waals surface area contributed by atoms with Crippen LogP contribution in [0.5, 0.6) is 0 Å². The third-order valence-corrected chi connectivity index (χ3v) is 9.45. The summed E-state index contributed by atoms with van der Waals surface area (Å²) in [6.07, 6.45) is 3.97. The molecule has 2 aromatic rings. The van der Waals surface area contributed by atoms with Crippen molar-refractivity contribution in [1.29, 1.82) is 0 Å². The van der Waals surface area contributed by atoms with Crippen LogP contribution >= 0.6 is 7.52 Å². The van der Waals surface area contributed by atoms with E-state index in [1.54, 1.807) is 0 Å². The third kappa shape index (κ3) is 3.85. The minimum atomic E-state index is -3.01. The number of hydrogen-bond donors (Lipinski definition) is 0. The molecular formula is C24H32NO2P. The lowest BCUT2D eigenvalue weighted by atomic mass is 9.71. The summed E-state index contributed by atoms with van der Waals surface area (Å²) in [5, 5.41) is 0. The van der Waals surface area contributed by atoms with Crippen LogP contribution in [0, 0.1) is 11.8 Å². The van der Waals surface area contributed by atoms with E-state index in [4.69, 9.17) is 4.52 Å². The Balaban J connectivity index is 1.72. The van der Waals surface area contributed by atoms with E-state index in [0.29, 0.717) is 24.5 Å². The second-order valence-electron chi connectivity index (χ2n) is 9.15. The third-order valence-electron chi connectivity index (χ3n) is 6.69. The van der Waals surface area contributed by atoms with Gasteiger partial charge >= 0.3 is 0 Å². The molecule has 1 aliphatic heterocycles. The largest absolute Gasteiger partial charge is 0.313 e. The van der Waals surface area contributed by atoms with E-state index in [0.717, 1.165) is 18.4 Å². The lowest BCUT2D eigenvalue weighted by Crippen LogP contribution is -2.57. The molecule has 1 saturated carbocycles. The summed E-state index contributed by atoms with van der Waals surface area (Å²) >= 11 is 0. The van der Waals surface area contributed by atoms with E-state index >= 15 is 0 Å². The van der Waals surface area contributed by atoms with Crippen molar-refractivity contribution in [2.75, 3.05) is 0 Å². The van der Waals surface area contributed by atoms with Crippen LogP contribution in [0.4, 0.5) is 0 Å². The topological polar surface area (TPSA) is 29.5 Å². The molecule has 0 N–H and O–H groups in total. The maximum atomic E-state index is 14.4. The van der Waals surface area contributed by atoms with Gasteiger partial charge in [-0.25, -0.2) is 4.67 Å². The molecule has 0 aromatic heterocycles. The van der Waals surface area contributed by atoms with Crippen molar-refractivity contribution in [1.82, 2.24) is 4.67 Å². The minimum absolute atomic E-state index is 0.0975. The molecule has 1 unspecified atom stereocenters. The maximum absolute atomic E-state index is 14.4. The molecular weight excluding hydrogens is 365 g/mol. The first kappa shape index (κ1) is 19.9. The predicted molar refractivity (Wildman–Crippen MR) is 115 cm³/mol. The smallest absolute Gasteiger partial charge is 0.277 e. The maximum Gasteiger partial charge on any atom is 0.277 e. The van der Waals surface area contributed by atoms with Gasteiger partial charge in [-0.15, -0.1) is 0 Å². The van der Waals surface area contributed by atoms with Crippen molar-refractivity contribution in [2.45, 2.75) is 64.4 Å². The molecule has 2 aliphatic rings. The molecule has 0 bridgehead atoms. The zero-order chi connectivity index (χ0) is 19.8. The van der Waals surface area contributed by atoms with Gasteiger partial charge in [-0.3, -0.25) is 4.57 Å². The average molecular weight is 397 g/mol. The Labute approximate surface area is 169 Å². The highest BCUT2D eigenvalue weighted by Gasteiger charge is 2.55. The van der Waals surface area contributed by atoms with Crippen molar-refractivity contribution in [3.63, 3.8) is 0 Å². The number of rotatable bonds is 4. The van der Waals surface area contributed by atoms with Crippen LogP contribution in [0.15, 0.2) is 60.7 Å². The highest BCUT2D eigenvalue weighted by atomic mass is 31.2. The van der Waals surface area contributed by atoms with Gasteiger partial charge in [-0.05, 0) is 43.7 Å². The fourth-order valence-corrected chi connectivity index (χ4v) is 8.11. The van der Waals surface area contributed by atoms with Crippen molar-refractivity contribution in [2.24, 2.45) is 11.8 Å². The molecule has 0 radical (unpaired) electrons.